The molecule has 7 nitrogen and oxygen atoms in total. The van der Waals surface area contributed by atoms with Crippen LogP contribution >= 0.6 is 0 Å². The van der Waals surface area contributed by atoms with E-state index in [4.69, 9.17) is 24.7 Å². The number of rotatable bonds is 8. The van der Waals surface area contributed by atoms with Gasteiger partial charge in [0.25, 0.3) is 0 Å². The van der Waals surface area contributed by atoms with E-state index in [-0.39, 0.29) is 22.8 Å². The Balaban J connectivity index is 1.66. The Morgan fingerprint density at radius 3 is 2.62 bits per heavy atom. The number of nitriles is 1. The van der Waals surface area contributed by atoms with Crippen LogP contribution in [0, 0.1) is 23.1 Å². The van der Waals surface area contributed by atoms with Gasteiger partial charge < -0.3 is 24.7 Å². The molecular weight excluding hydrogens is 475 g/mol. The number of fused-ring (bicyclic) bond motifs is 1. The SMILES string of the molecule is COc1cc(C2C(C#N)=C(N)Oc3cc(OC(=O)c4ccccc4F)ccc32)ccc1OCCC(C)C. The van der Waals surface area contributed by atoms with Crippen molar-refractivity contribution in [3.05, 3.63) is 94.6 Å². The topological polar surface area (TPSA) is 104 Å². The Bertz CT molecular complexity index is 1390. The third-order valence-corrected chi connectivity index (χ3v) is 5.97. The number of esters is 1. The zero-order valence-corrected chi connectivity index (χ0v) is 20.8. The minimum absolute atomic E-state index is 0.0613. The second kappa shape index (κ2) is 11.0. The lowest BCUT2D eigenvalue weighted by Gasteiger charge is -2.27. The van der Waals surface area contributed by atoms with Crippen molar-refractivity contribution < 1.29 is 28.1 Å². The Kier molecular flexibility index (Phi) is 7.63. The summed E-state index contributed by atoms with van der Waals surface area (Å²) in [6.07, 6.45) is 0.903. The molecule has 0 saturated carbocycles. The van der Waals surface area contributed by atoms with Crippen LogP contribution in [-0.4, -0.2) is 19.7 Å². The van der Waals surface area contributed by atoms with Crippen molar-refractivity contribution in [3.8, 4) is 29.1 Å². The third-order valence-electron chi connectivity index (χ3n) is 5.97. The van der Waals surface area contributed by atoms with E-state index in [1.807, 2.05) is 6.07 Å². The molecule has 0 aromatic heterocycles. The van der Waals surface area contributed by atoms with E-state index >= 15 is 0 Å². The van der Waals surface area contributed by atoms with Crippen molar-refractivity contribution in [1.82, 2.24) is 0 Å². The average Bonchev–Trinajstić information content (AvgIpc) is 2.88. The minimum atomic E-state index is -0.843. The van der Waals surface area contributed by atoms with Crippen molar-refractivity contribution in [2.24, 2.45) is 11.7 Å². The highest BCUT2D eigenvalue weighted by molar-refractivity contribution is 5.91. The van der Waals surface area contributed by atoms with Crippen LogP contribution in [0.3, 0.4) is 0 Å². The van der Waals surface area contributed by atoms with E-state index < -0.39 is 17.7 Å². The van der Waals surface area contributed by atoms with Gasteiger partial charge in [0, 0.05) is 11.6 Å². The number of halogens is 1. The van der Waals surface area contributed by atoms with Crippen LogP contribution in [0.4, 0.5) is 4.39 Å². The molecule has 0 amide bonds. The summed E-state index contributed by atoms with van der Waals surface area (Å²) < 4.78 is 36.5. The van der Waals surface area contributed by atoms with Gasteiger partial charge in [-0.2, -0.15) is 5.26 Å². The van der Waals surface area contributed by atoms with E-state index in [0.717, 1.165) is 12.0 Å². The van der Waals surface area contributed by atoms with Gasteiger partial charge in [-0.1, -0.05) is 38.1 Å². The number of carbonyl (C=O) groups excluding carboxylic acids is 1. The molecule has 0 bridgehead atoms. The van der Waals surface area contributed by atoms with Gasteiger partial charge >= 0.3 is 5.97 Å². The standard InChI is InChI=1S/C29H27FN2O5/c1-17(2)12-13-35-24-11-8-18(14-26(24)34-3)27-21-10-9-19(15-25(21)37-28(32)22(27)16-31)36-29(33)20-6-4-5-7-23(20)30/h4-11,14-15,17,27H,12-13,32H2,1-3H3. The zero-order valence-electron chi connectivity index (χ0n) is 20.8. The number of carbonyl (C=O) groups is 1. The summed E-state index contributed by atoms with van der Waals surface area (Å²) in [5.74, 6) is -0.0426. The summed E-state index contributed by atoms with van der Waals surface area (Å²) in [7, 11) is 1.55. The van der Waals surface area contributed by atoms with Crippen LogP contribution < -0.4 is 24.7 Å². The predicted octanol–water partition coefficient (Wildman–Crippen LogP) is 5.70. The van der Waals surface area contributed by atoms with E-state index in [2.05, 4.69) is 19.9 Å². The fourth-order valence-electron chi connectivity index (χ4n) is 4.02. The average molecular weight is 503 g/mol. The van der Waals surface area contributed by atoms with Gasteiger partial charge in [-0.05, 0) is 48.2 Å². The molecule has 0 radical (unpaired) electrons. The second-order valence-electron chi connectivity index (χ2n) is 8.94. The summed E-state index contributed by atoms with van der Waals surface area (Å²) in [6, 6.07) is 17.9. The summed E-state index contributed by atoms with van der Waals surface area (Å²) in [5.41, 5.74) is 7.55. The summed E-state index contributed by atoms with van der Waals surface area (Å²) in [4.78, 5) is 12.5. The van der Waals surface area contributed by atoms with Gasteiger partial charge in [-0.3, -0.25) is 0 Å². The molecule has 0 aliphatic carbocycles. The van der Waals surface area contributed by atoms with Gasteiger partial charge in [0.05, 0.1) is 25.2 Å². The number of allylic oxidation sites excluding steroid dienone is 1. The Morgan fingerprint density at radius 2 is 1.92 bits per heavy atom. The smallest absolute Gasteiger partial charge is 0.346 e. The van der Waals surface area contributed by atoms with Crippen molar-refractivity contribution in [1.29, 1.82) is 5.26 Å². The lowest BCUT2D eigenvalue weighted by atomic mass is 9.83. The highest BCUT2D eigenvalue weighted by Crippen LogP contribution is 2.45. The number of nitrogens with two attached hydrogens (primary N) is 1. The van der Waals surface area contributed by atoms with Gasteiger partial charge in [-0.25, -0.2) is 9.18 Å². The molecule has 4 rings (SSSR count). The first-order valence-corrected chi connectivity index (χ1v) is 11.8. The van der Waals surface area contributed by atoms with Crippen molar-refractivity contribution in [2.45, 2.75) is 26.2 Å². The summed E-state index contributed by atoms with van der Waals surface area (Å²) in [6.45, 7) is 4.80. The maximum atomic E-state index is 14.0. The maximum absolute atomic E-state index is 14.0. The van der Waals surface area contributed by atoms with Gasteiger partial charge in [0.15, 0.2) is 11.5 Å². The quantitative estimate of drug-likeness (QED) is 0.311. The highest BCUT2D eigenvalue weighted by atomic mass is 19.1. The zero-order chi connectivity index (χ0) is 26.5. The van der Waals surface area contributed by atoms with Crippen LogP contribution in [0.25, 0.3) is 0 Å². The number of nitrogens with zero attached hydrogens (tertiary/aromatic N) is 1. The molecule has 0 spiro atoms. The van der Waals surface area contributed by atoms with E-state index in [0.29, 0.717) is 35.3 Å². The predicted molar refractivity (Wildman–Crippen MR) is 135 cm³/mol. The normalized spacial score (nSPS) is 14.4. The largest absolute Gasteiger partial charge is 0.493 e. The van der Waals surface area contributed by atoms with Crippen LogP contribution in [0.2, 0.25) is 0 Å². The molecule has 0 fully saturated rings. The van der Waals surface area contributed by atoms with Crippen molar-refractivity contribution in [2.75, 3.05) is 13.7 Å². The molecule has 1 aliphatic heterocycles. The van der Waals surface area contributed by atoms with Crippen LogP contribution in [0.5, 0.6) is 23.0 Å². The molecule has 0 saturated heterocycles. The molecule has 8 heteroatoms. The van der Waals surface area contributed by atoms with Crippen molar-refractivity contribution in [3.63, 3.8) is 0 Å². The molecule has 3 aromatic rings. The van der Waals surface area contributed by atoms with E-state index in [1.54, 1.807) is 37.4 Å². The minimum Gasteiger partial charge on any atom is -0.493 e. The number of methoxy groups -OCH3 is 1. The Morgan fingerprint density at radius 1 is 1.14 bits per heavy atom. The molecule has 37 heavy (non-hydrogen) atoms. The maximum Gasteiger partial charge on any atom is 0.346 e. The highest BCUT2D eigenvalue weighted by Gasteiger charge is 2.32. The number of ether oxygens (including phenoxy) is 4. The third kappa shape index (κ3) is 5.51. The Hall–Kier alpha value is -4.51. The molecule has 1 atom stereocenters. The van der Waals surface area contributed by atoms with Gasteiger partial charge in [0.2, 0.25) is 5.88 Å². The molecule has 190 valence electrons. The first-order valence-electron chi connectivity index (χ1n) is 11.8. The number of hydrogen-bond acceptors (Lipinski definition) is 7. The Labute approximate surface area is 214 Å². The fourth-order valence-corrected chi connectivity index (χ4v) is 4.02. The number of benzene rings is 3. The van der Waals surface area contributed by atoms with Crippen LogP contribution in [0.1, 0.15) is 47.7 Å². The van der Waals surface area contributed by atoms with Gasteiger partial charge in [0.1, 0.15) is 29.0 Å². The van der Waals surface area contributed by atoms with Crippen molar-refractivity contribution >= 4 is 5.97 Å². The van der Waals surface area contributed by atoms with E-state index in [1.165, 1.54) is 24.3 Å². The monoisotopic (exact) mass is 502 g/mol. The summed E-state index contributed by atoms with van der Waals surface area (Å²) >= 11 is 0. The molecule has 1 unspecified atom stereocenters. The first kappa shape index (κ1) is 25.6. The van der Waals surface area contributed by atoms with Crippen LogP contribution in [-0.2, 0) is 0 Å². The molecule has 1 heterocycles. The lowest BCUT2D eigenvalue weighted by molar-refractivity contribution is 0.0729. The van der Waals surface area contributed by atoms with E-state index in [9.17, 15) is 14.4 Å². The molecule has 3 aromatic carbocycles. The molecular formula is C29H27FN2O5. The fraction of sp³-hybridized carbons (Fsp3) is 0.241. The molecule has 1 aliphatic rings. The summed E-state index contributed by atoms with van der Waals surface area (Å²) in [5, 5.41) is 9.86. The first-order chi connectivity index (χ1) is 17.8. The van der Waals surface area contributed by atoms with Crippen LogP contribution in [0.15, 0.2) is 72.1 Å². The lowest BCUT2D eigenvalue weighted by Crippen LogP contribution is -2.21. The number of hydrogen-bond donors (Lipinski definition) is 1. The van der Waals surface area contributed by atoms with Gasteiger partial charge in [-0.15, -0.1) is 0 Å². The second-order valence-corrected chi connectivity index (χ2v) is 8.94. The molecule has 2 N–H and O–H groups in total.